The second-order valence-corrected chi connectivity index (χ2v) is 4.95. The summed E-state index contributed by atoms with van der Waals surface area (Å²) in [4.78, 5) is 1.11. The van der Waals surface area contributed by atoms with Crippen LogP contribution in [-0.4, -0.2) is 15.4 Å². The minimum Gasteiger partial charge on any atom is -0.472 e. The minimum absolute atomic E-state index is 0.403. The number of hydrogen-bond acceptors (Lipinski definition) is 4. The highest BCUT2D eigenvalue weighted by Gasteiger charge is 2.08. The molecule has 17 heavy (non-hydrogen) atoms. The number of thiol groups is 1. The fraction of sp³-hybridized carbons (Fsp3) is 0.182. The summed E-state index contributed by atoms with van der Waals surface area (Å²) < 4.78 is 6.96. The van der Waals surface area contributed by atoms with Crippen LogP contribution in [0.3, 0.4) is 0 Å². The molecule has 0 fully saturated rings. The second-order valence-electron chi connectivity index (χ2n) is 3.28. The van der Waals surface area contributed by atoms with Crippen molar-refractivity contribution >= 4 is 36.2 Å². The number of aromatic nitrogens is 2. The monoisotopic (exact) mass is 286 g/mol. The van der Waals surface area contributed by atoms with Crippen molar-refractivity contribution in [3.05, 3.63) is 41.0 Å². The Kier molecular flexibility index (Phi) is 4.25. The predicted molar refractivity (Wildman–Crippen MR) is 74.2 cm³/mol. The van der Waals surface area contributed by atoms with Crippen LogP contribution in [0, 0.1) is 0 Å². The first-order valence-corrected chi connectivity index (χ1v) is 6.90. The Bertz CT molecular complexity index is 516. The van der Waals surface area contributed by atoms with Crippen LogP contribution in [0.1, 0.15) is 5.56 Å². The fourth-order valence-electron chi connectivity index (χ4n) is 1.39. The van der Waals surface area contributed by atoms with E-state index in [0.717, 1.165) is 10.5 Å². The van der Waals surface area contributed by atoms with Crippen LogP contribution in [-0.2, 0) is 6.61 Å². The van der Waals surface area contributed by atoms with E-state index in [2.05, 4.69) is 17.9 Å². The molecule has 3 nitrogen and oxygen atoms in total. The zero-order valence-electron chi connectivity index (χ0n) is 9.13. The highest BCUT2D eigenvalue weighted by atomic mass is 35.5. The standard InChI is InChI=1S/C11H11ClN2OS2/c1-17-10-4-2-3-9(12)8(10)7-15-11-5-6-14(16)13-11/h2-6,16H,7H2,1H3. The molecule has 0 unspecified atom stereocenters. The van der Waals surface area contributed by atoms with Crippen molar-refractivity contribution < 1.29 is 4.74 Å². The molecule has 2 aromatic rings. The highest BCUT2D eigenvalue weighted by molar-refractivity contribution is 7.98. The van der Waals surface area contributed by atoms with Crippen molar-refractivity contribution in [2.45, 2.75) is 11.5 Å². The summed E-state index contributed by atoms with van der Waals surface area (Å²) in [5.41, 5.74) is 0.982. The maximum atomic E-state index is 6.15. The van der Waals surface area contributed by atoms with Gasteiger partial charge in [0.2, 0.25) is 5.88 Å². The molecule has 0 saturated heterocycles. The number of benzene rings is 1. The van der Waals surface area contributed by atoms with Crippen molar-refractivity contribution in [1.29, 1.82) is 0 Å². The third-order valence-corrected chi connectivity index (χ3v) is 3.61. The second kappa shape index (κ2) is 5.71. The quantitative estimate of drug-likeness (QED) is 0.688. The number of halogens is 1. The normalized spacial score (nSPS) is 10.5. The van der Waals surface area contributed by atoms with Gasteiger partial charge in [-0.25, -0.2) is 4.09 Å². The molecule has 1 aromatic carbocycles. The SMILES string of the molecule is CSc1cccc(Cl)c1COc1ccn(S)n1. The van der Waals surface area contributed by atoms with Crippen molar-refractivity contribution in [3.63, 3.8) is 0 Å². The minimum atomic E-state index is 0.403. The Labute approximate surface area is 115 Å². The summed E-state index contributed by atoms with van der Waals surface area (Å²) in [6.07, 6.45) is 3.72. The van der Waals surface area contributed by atoms with Gasteiger partial charge < -0.3 is 4.74 Å². The van der Waals surface area contributed by atoms with E-state index < -0.39 is 0 Å². The van der Waals surface area contributed by atoms with E-state index in [-0.39, 0.29) is 0 Å². The van der Waals surface area contributed by atoms with Gasteiger partial charge in [-0.3, -0.25) is 0 Å². The fourth-order valence-corrected chi connectivity index (χ4v) is 2.46. The lowest BCUT2D eigenvalue weighted by atomic mass is 10.2. The summed E-state index contributed by atoms with van der Waals surface area (Å²) in [6.45, 7) is 0.403. The van der Waals surface area contributed by atoms with Gasteiger partial charge in [-0.05, 0) is 31.2 Å². The molecule has 6 heteroatoms. The van der Waals surface area contributed by atoms with Gasteiger partial charge in [0, 0.05) is 27.7 Å². The first-order valence-electron chi connectivity index (χ1n) is 4.90. The van der Waals surface area contributed by atoms with E-state index in [1.807, 2.05) is 24.5 Å². The van der Waals surface area contributed by atoms with E-state index in [1.54, 1.807) is 24.0 Å². The Morgan fingerprint density at radius 2 is 2.29 bits per heavy atom. The van der Waals surface area contributed by atoms with Gasteiger partial charge in [-0.2, -0.15) is 0 Å². The Morgan fingerprint density at radius 3 is 2.94 bits per heavy atom. The first-order chi connectivity index (χ1) is 8.20. The zero-order chi connectivity index (χ0) is 12.3. The molecule has 0 saturated carbocycles. The summed E-state index contributed by atoms with van der Waals surface area (Å²) in [7, 11) is 0. The predicted octanol–water partition coefficient (Wildman–Crippen LogP) is 3.53. The van der Waals surface area contributed by atoms with E-state index in [4.69, 9.17) is 16.3 Å². The van der Waals surface area contributed by atoms with Gasteiger partial charge in [0.1, 0.15) is 6.61 Å². The summed E-state index contributed by atoms with van der Waals surface area (Å²) in [5.74, 6) is 0.534. The van der Waals surface area contributed by atoms with Gasteiger partial charge in [0.15, 0.2) is 0 Å². The molecule has 0 atom stereocenters. The molecular weight excluding hydrogens is 276 g/mol. The van der Waals surface area contributed by atoms with Gasteiger partial charge in [0.05, 0.1) is 0 Å². The maximum absolute atomic E-state index is 6.15. The summed E-state index contributed by atoms with van der Waals surface area (Å²) in [5, 5.41) is 4.73. The number of hydrogen-bond donors (Lipinski definition) is 1. The highest BCUT2D eigenvalue weighted by Crippen LogP contribution is 2.27. The lowest BCUT2D eigenvalue weighted by Crippen LogP contribution is -1.99. The molecule has 0 aliphatic carbocycles. The van der Waals surface area contributed by atoms with Crippen molar-refractivity contribution in [1.82, 2.24) is 9.19 Å². The number of thioether (sulfide) groups is 1. The molecule has 0 N–H and O–H groups in total. The summed E-state index contributed by atoms with van der Waals surface area (Å²) in [6, 6.07) is 7.56. The average molecular weight is 287 g/mol. The molecule has 1 aromatic heterocycles. The van der Waals surface area contributed by atoms with E-state index in [0.29, 0.717) is 17.5 Å². The first kappa shape index (κ1) is 12.7. The van der Waals surface area contributed by atoms with E-state index in [9.17, 15) is 0 Å². The van der Waals surface area contributed by atoms with Crippen LogP contribution in [0.4, 0.5) is 0 Å². The molecular formula is C11H11ClN2OS2. The van der Waals surface area contributed by atoms with Crippen molar-refractivity contribution in [2.24, 2.45) is 0 Å². The Balaban J connectivity index is 2.13. The third kappa shape index (κ3) is 3.12. The van der Waals surface area contributed by atoms with Crippen LogP contribution < -0.4 is 4.74 Å². The van der Waals surface area contributed by atoms with Crippen molar-refractivity contribution in [3.8, 4) is 5.88 Å². The molecule has 1 heterocycles. The maximum Gasteiger partial charge on any atom is 0.234 e. The molecule has 0 bridgehead atoms. The van der Waals surface area contributed by atoms with Gasteiger partial charge in [0.25, 0.3) is 0 Å². The summed E-state index contributed by atoms with van der Waals surface area (Å²) >= 11 is 11.8. The van der Waals surface area contributed by atoms with Gasteiger partial charge in [-0.15, -0.1) is 16.9 Å². The largest absolute Gasteiger partial charge is 0.472 e. The van der Waals surface area contributed by atoms with Gasteiger partial charge >= 0.3 is 0 Å². The van der Waals surface area contributed by atoms with Crippen LogP contribution in [0.15, 0.2) is 35.4 Å². The smallest absolute Gasteiger partial charge is 0.234 e. The average Bonchev–Trinajstić information content (AvgIpc) is 2.73. The van der Waals surface area contributed by atoms with E-state index in [1.165, 1.54) is 4.09 Å². The molecule has 0 aliphatic heterocycles. The molecule has 0 amide bonds. The molecule has 0 spiro atoms. The van der Waals surface area contributed by atoms with Gasteiger partial charge in [-0.1, -0.05) is 17.7 Å². The molecule has 0 aliphatic rings. The lowest BCUT2D eigenvalue weighted by Gasteiger charge is -2.09. The van der Waals surface area contributed by atoms with Crippen molar-refractivity contribution in [2.75, 3.05) is 6.26 Å². The van der Waals surface area contributed by atoms with Crippen LogP contribution >= 0.6 is 36.2 Å². The number of nitrogens with zero attached hydrogens (tertiary/aromatic N) is 2. The number of rotatable bonds is 4. The molecule has 90 valence electrons. The van der Waals surface area contributed by atoms with Crippen LogP contribution in [0.5, 0.6) is 5.88 Å². The molecule has 0 radical (unpaired) electrons. The van der Waals surface area contributed by atoms with E-state index >= 15 is 0 Å². The lowest BCUT2D eigenvalue weighted by molar-refractivity contribution is 0.290. The third-order valence-electron chi connectivity index (χ3n) is 2.21. The Morgan fingerprint density at radius 1 is 1.47 bits per heavy atom. The van der Waals surface area contributed by atoms with Crippen LogP contribution in [0.2, 0.25) is 5.02 Å². The van der Waals surface area contributed by atoms with Crippen LogP contribution in [0.25, 0.3) is 0 Å². The number of ether oxygens (including phenoxy) is 1. The Hall–Kier alpha value is -0.780. The topological polar surface area (TPSA) is 27.1 Å². The zero-order valence-corrected chi connectivity index (χ0v) is 11.6. The molecule has 2 rings (SSSR count).